The van der Waals surface area contributed by atoms with Crippen molar-refractivity contribution >= 4 is 33.5 Å². The van der Waals surface area contributed by atoms with E-state index >= 15 is 0 Å². The van der Waals surface area contributed by atoms with Gasteiger partial charge in [0.2, 0.25) is 0 Å². The van der Waals surface area contributed by atoms with Crippen molar-refractivity contribution in [2.24, 2.45) is 0 Å². The quantitative estimate of drug-likeness (QED) is 0.263. The topological polar surface area (TPSA) is 38.7 Å². The molecule has 37 heavy (non-hydrogen) atoms. The number of aryl methyl sites for hydroxylation is 2. The third-order valence-electron chi connectivity index (χ3n) is 8.45. The maximum Gasteiger partial charge on any atom is 0.192 e. The number of hydrogen-bond acceptors (Lipinski definition) is 4. The monoisotopic (exact) mass is 560 g/mol. The van der Waals surface area contributed by atoms with Gasteiger partial charge in [0.15, 0.2) is 16.6 Å². The molecule has 1 N–H and O–H groups in total. The van der Waals surface area contributed by atoms with Gasteiger partial charge in [-0.1, -0.05) is 72.7 Å². The molecule has 208 valence electrons. The summed E-state index contributed by atoms with van der Waals surface area (Å²) in [6.07, 6.45) is 4.87. The Morgan fingerprint density at radius 2 is 1.38 bits per heavy atom. The van der Waals surface area contributed by atoms with Crippen LogP contribution in [-0.4, -0.2) is 28.3 Å². The molecule has 2 aromatic rings. The standard InChI is InChI=1S/C31H52O3SSi2/c1-12-26(17-18-32)29-20-25(23-35-29)14-13-24-15-16-27(21-33-36(8,9)30(2,3)4)28(19-24)22-34-37(10,11)31(5,6)7/h15-17,19-20,23,32H,12-14,18,21-22H2,1-11H3. The highest BCUT2D eigenvalue weighted by Gasteiger charge is 2.38. The van der Waals surface area contributed by atoms with Crippen molar-refractivity contribution in [1.29, 1.82) is 0 Å². The molecule has 0 fully saturated rings. The van der Waals surface area contributed by atoms with Crippen molar-refractivity contribution in [3.05, 3.63) is 62.9 Å². The van der Waals surface area contributed by atoms with Crippen LogP contribution in [0.25, 0.3) is 5.57 Å². The first kappa shape index (κ1) is 32.2. The maximum absolute atomic E-state index is 9.31. The van der Waals surface area contributed by atoms with Gasteiger partial charge in [-0.15, -0.1) is 11.3 Å². The fraction of sp³-hybridized carbons (Fsp3) is 0.613. The van der Waals surface area contributed by atoms with Crippen LogP contribution in [0.3, 0.4) is 0 Å². The van der Waals surface area contributed by atoms with Crippen LogP contribution in [0.1, 0.15) is 82.0 Å². The van der Waals surface area contributed by atoms with Gasteiger partial charge in [0.05, 0.1) is 19.8 Å². The number of aliphatic hydroxyl groups is 1. The van der Waals surface area contributed by atoms with E-state index in [2.05, 4.69) is 104 Å². The second kappa shape index (κ2) is 12.9. The Morgan fingerprint density at radius 3 is 1.89 bits per heavy atom. The zero-order chi connectivity index (χ0) is 28.1. The highest BCUT2D eigenvalue weighted by molar-refractivity contribution is 7.11. The average molecular weight is 561 g/mol. The fourth-order valence-corrected chi connectivity index (χ4v) is 6.51. The van der Waals surface area contributed by atoms with E-state index in [0.29, 0.717) is 13.2 Å². The summed E-state index contributed by atoms with van der Waals surface area (Å²) >= 11 is 1.78. The number of aliphatic hydroxyl groups excluding tert-OH is 1. The molecule has 0 saturated heterocycles. The smallest absolute Gasteiger partial charge is 0.192 e. The zero-order valence-corrected chi connectivity index (χ0v) is 28.2. The van der Waals surface area contributed by atoms with Gasteiger partial charge in [-0.05, 0) is 94.8 Å². The summed E-state index contributed by atoms with van der Waals surface area (Å²) in [5.74, 6) is 0. The summed E-state index contributed by atoms with van der Waals surface area (Å²) in [4.78, 5) is 1.27. The van der Waals surface area contributed by atoms with Crippen molar-refractivity contribution in [2.75, 3.05) is 6.61 Å². The first-order valence-corrected chi connectivity index (χ1v) is 20.5. The first-order valence-electron chi connectivity index (χ1n) is 13.8. The van der Waals surface area contributed by atoms with E-state index in [0.717, 1.165) is 19.3 Å². The lowest BCUT2D eigenvalue weighted by Gasteiger charge is -2.37. The summed E-state index contributed by atoms with van der Waals surface area (Å²) < 4.78 is 13.3. The summed E-state index contributed by atoms with van der Waals surface area (Å²) in [5.41, 5.74) is 6.47. The van der Waals surface area contributed by atoms with Crippen LogP contribution in [0.2, 0.25) is 36.3 Å². The van der Waals surface area contributed by atoms with Crippen LogP contribution in [0.15, 0.2) is 35.7 Å². The molecule has 0 radical (unpaired) electrons. The van der Waals surface area contributed by atoms with Crippen molar-refractivity contribution in [3.8, 4) is 0 Å². The SMILES string of the molecule is CCC(=CCO)c1cc(CCc2ccc(CO[Si](C)(C)C(C)(C)C)c(CO[Si](C)(C)C(C)(C)C)c2)cs1. The van der Waals surface area contributed by atoms with Gasteiger partial charge in [0.25, 0.3) is 0 Å². The van der Waals surface area contributed by atoms with E-state index in [1.165, 1.54) is 32.7 Å². The molecule has 0 amide bonds. The normalized spacial score (nSPS) is 13.9. The third kappa shape index (κ3) is 9.01. The second-order valence-corrected chi connectivity index (χ2v) is 23.8. The number of allylic oxidation sites excluding steroid dienone is 1. The lowest BCUT2D eigenvalue weighted by molar-refractivity contribution is 0.257. The van der Waals surface area contributed by atoms with Gasteiger partial charge in [0.1, 0.15) is 0 Å². The molecule has 6 heteroatoms. The Balaban J connectivity index is 2.23. The molecule has 1 heterocycles. The zero-order valence-electron chi connectivity index (χ0n) is 25.4. The second-order valence-electron chi connectivity index (χ2n) is 13.3. The minimum atomic E-state index is -1.86. The molecule has 0 atom stereocenters. The van der Waals surface area contributed by atoms with E-state index in [9.17, 15) is 5.11 Å². The lowest BCUT2D eigenvalue weighted by atomic mass is 10.00. The van der Waals surface area contributed by atoms with E-state index < -0.39 is 16.6 Å². The Hall–Kier alpha value is -1.03. The van der Waals surface area contributed by atoms with Crippen molar-refractivity contribution in [2.45, 2.75) is 117 Å². The number of benzene rings is 1. The fourth-order valence-electron chi connectivity index (χ4n) is 3.55. The average Bonchev–Trinajstić information content (AvgIpc) is 3.26. The molecule has 0 spiro atoms. The van der Waals surface area contributed by atoms with Gasteiger partial charge in [-0.3, -0.25) is 0 Å². The molecule has 0 aliphatic rings. The lowest BCUT2D eigenvalue weighted by Crippen LogP contribution is -2.41. The summed E-state index contributed by atoms with van der Waals surface area (Å²) in [7, 11) is -3.70. The molecule has 0 unspecified atom stereocenters. The molecule has 1 aromatic carbocycles. The Morgan fingerprint density at radius 1 is 0.838 bits per heavy atom. The Labute approximate surface area is 233 Å². The predicted octanol–water partition coefficient (Wildman–Crippen LogP) is 9.36. The Bertz CT molecular complexity index is 1040. The van der Waals surface area contributed by atoms with Crippen LogP contribution >= 0.6 is 11.3 Å². The molecular weight excluding hydrogens is 509 g/mol. The number of rotatable bonds is 12. The predicted molar refractivity (Wildman–Crippen MR) is 167 cm³/mol. The van der Waals surface area contributed by atoms with Crippen LogP contribution in [0, 0.1) is 0 Å². The van der Waals surface area contributed by atoms with Gasteiger partial charge >= 0.3 is 0 Å². The van der Waals surface area contributed by atoms with Crippen LogP contribution in [0.4, 0.5) is 0 Å². The summed E-state index contributed by atoms with van der Waals surface area (Å²) in [6, 6.07) is 9.19. The van der Waals surface area contributed by atoms with Crippen molar-refractivity contribution < 1.29 is 14.0 Å². The van der Waals surface area contributed by atoms with Gasteiger partial charge < -0.3 is 14.0 Å². The molecule has 0 bridgehead atoms. The molecule has 0 aliphatic carbocycles. The van der Waals surface area contributed by atoms with Crippen LogP contribution < -0.4 is 0 Å². The highest BCUT2D eigenvalue weighted by Crippen LogP contribution is 2.39. The minimum Gasteiger partial charge on any atom is -0.413 e. The van der Waals surface area contributed by atoms with E-state index in [1.54, 1.807) is 11.3 Å². The number of thiophene rings is 1. The highest BCUT2D eigenvalue weighted by atomic mass is 32.1. The Kier molecular flexibility index (Phi) is 11.2. The van der Waals surface area contributed by atoms with Crippen LogP contribution in [-0.2, 0) is 34.9 Å². The molecular formula is C31H52O3SSi2. The molecule has 0 saturated carbocycles. The molecule has 2 rings (SSSR count). The summed E-state index contributed by atoms with van der Waals surface area (Å²) in [5, 5.41) is 11.9. The molecule has 0 aliphatic heterocycles. The first-order chi connectivity index (χ1) is 17.0. The summed E-state index contributed by atoms with van der Waals surface area (Å²) in [6.45, 7) is 26.6. The third-order valence-corrected chi connectivity index (χ3v) is 18.5. The number of hydrogen-bond donors (Lipinski definition) is 1. The molecule has 3 nitrogen and oxygen atoms in total. The maximum atomic E-state index is 9.31. The van der Waals surface area contributed by atoms with Crippen LogP contribution in [0.5, 0.6) is 0 Å². The van der Waals surface area contributed by atoms with Gasteiger partial charge in [-0.2, -0.15) is 0 Å². The van der Waals surface area contributed by atoms with Gasteiger partial charge in [0, 0.05) is 4.88 Å². The van der Waals surface area contributed by atoms with E-state index in [1.807, 2.05) is 6.08 Å². The van der Waals surface area contributed by atoms with Crippen molar-refractivity contribution in [3.63, 3.8) is 0 Å². The minimum absolute atomic E-state index is 0.0988. The van der Waals surface area contributed by atoms with Crippen molar-refractivity contribution in [1.82, 2.24) is 0 Å². The largest absolute Gasteiger partial charge is 0.413 e. The van der Waals surface area contributed by atoms with E-state index in [-0.39, 0.29) is 16.7 Å². The van der Waals surface area contributed by atoms with Gasteiger partial charge in [-0.25, -0.2) is 0 Å². The van der Waals surface area contributed by atoms with E-state index in [4.69, 9.17) is 8.85 Å². The molecule has 1 aromatic heterocycles.